The van der Waals surface area contributed by atoms with E-state index in [1.54, 1.807) is 13.2 Å². The minimum absolute atomic E-state index is 0. The van der Waals surface area contributed by atoms with E-state index in [1.165, 1.54) is 0 Å². The molecule has 0 saturated carbocycles. The monoisotopic (exact) mass is 423 g/mol. The number of ether oxygens (including phenoxy) is 1. The first kappa shape index (κ1) is 22.7. The number of nitrogens with one attached hydrogen (secondary N) is 1. The van der Waals surface area contributed by atoms with Gasteiger partial charge in [0.25, 0.3) is 0 Å². The summed E-state index contributed by atoms with van der Waals surface area (Å²) in [5.74, 6) is 0.932. The van der Waals surface area contributed by atoms with E-state index >= 15 is 0 Å². The Balaban J connectivity index is 0.00000280. The lowest BCUT2D eigenvalue weighted by molar-refractivity contribution is 0.295. The quantitative estimate of drug-likeness (QED) is 0.716. The lowest BCUT2D eigenvalue weighted by atomic mass is 9.88. The van der Waals surface area contributed by atoms with Gasteiger partial charge in [0.05, 0.1) is 23.8 Å². The normalized spacial score (nSPS) is 23.2. The minimum Gasteiger partial charge on any atom is -0.497 e. The summed E-state index contributed by atoms with van der Waals surface area (Å²) in [4.78, 5) is 0.449. The van der Waals surface area contributed by atoms with Gasteiger partial charge in [-0.25, -0.2) is 8.42 Å². The van der Waals surface area contributed by atoms with Crippen molar-refractivity contribution in [1.82, 2.24) is 5.32 Å². The number of benzene rings is 2. The van der Waals surface area contributed by atoms with Crippen molar-refractivity contribution >= 4 is 22.2 Å². The summed E-state index contributed by atoms with van der Waals surface area (Å²) in [7, 11) is -1.72. The fourth-order valence-corrected chi connectivity index (χ4v) is 6.11. The van der Waals surface area contributed by atoms with E-state index in [0.717, 1.165) is 42.6 Å². The standard InChI is InChI=1S/C22H29NO3S.ClH/c1-4-6-15-22(5-2)16-27(24,25)20-10-8-7-9-19(20)21(23-22)17-11-13-18(26-3)14-12-17;/h7-14,21,23H,4-6,15-16H2,1-3H3;1H. The molecule has 2 unspecified atom stereocenters. The van der Waals surface area contributed by atoms with Crippen molar-refractivity contribution in [3.63, 3.8) is 0 Å². The van der Waals surface area contributed by atoms with Crippen LogP contribution in [0.2, 0.25) is 0 Å². The molecular formula is C22H30ClNO3S. The van der Waals surface area contributed by atoms with Crippen LogP contribution in [-0.4, -0.2) is 26.8 Å². The number of unbranched alkanes of at least 4 members (excludes halogenated alkanes) is 1. The maximum Gasteiger partial charge on any atom is 0.180 e. The fourth-order valence-electron chi connectivity index (χ4n) is 3.97. The van der Waals surface area contributed by atoms with Crippen LogP contribution in [0.1, 0.15) is 56.7 Å². The molecule has 154 valence electrons. The molecule has 0 spiro atoms. The van der Waals surface area contributed by atoms with Crippen molar-refractivity contribution in [2.75, 3.05) is 12.9 Å². The third-order valence-corrected chi connectivity index (χ3v) is 7.59. The third-order valence-electron chi connectivity index (χ3n) is 5.62. The zero-order chi connectivity index (χ0) is 19.5. The Hall–Kier alpha value is -1.56. The molecule has 0 radical (unpaired) electrons. The van der Waals surface area contributed by atoms with Crippen LogP contribution in [0.15, 0.2) is 53.4 Å². The second-order valence-electron chi connectivity index (χ2n) is 7.38. The van der Waals surface area contributed by atoms with Gasteiger partial charge < -0.3 is 4.74 Å². The van der Waals surface area contributed by atoms with Gasteiger partial charge in [0.1, 0.15) is 5.75 Å². The first-order chi connectivity index (χ1) is 12.9. The number of halogens is 1. The fraction of sp³-hybridized carbons (Fsp3) is 0.455. The minimum atomic E-state index is -3.37. The molecule has 0 saturated heterocycles. The molecule has 0 bridgehead atoms. The molecular weight excluding hydrogens is 394 g/mol. The molecule has 1 aliphatic heterocycles. The molecule has 4 nitrogen and oxygen atoms in total. The highest BCUT2D eigenvalue weighted by molar-refractivity contribution is 7.91. The van der Waals surface area contributed by atoms with Gasteiger partial charge in [0.2, 0.25) is 0 Å². The molecule has 0 amide bonds. The topological polar surface area (TPSA) is 55.4 Å². The Bertz CT molecular complexity index is 883. The van der Waals surface area contributed by atoms with Gasteiger partial charge in [-0.3, -0.25) is 5.32 Å². The van der Waals surface area contributed by atoms with Gasteiger partial charge in [0, 0.05) is 5.54 Å². The second-order valence-corrected chi connectivity index (χ2v) is 9.34. The average Bonchev–Trinajstić information content (AvgIpc) is 2.79. The van der Waals surface area contributed by atoms with Gasteiger partial charge in [-0.1, -0.05) is 57.0 Å². The Kier molecular flexibility index (Phi) is 7.54. The summed E-state index contributed by atoms with van der Waals surface area (Å²) in [6.07, 6.45) is 3.67. The van der Waals surface area contributed by atoms with E-state index in [4.69, 9.17) is 4.74 Å². The largest absolute Gasteiger partial charge is 0.497 e. The number of hydrogen-bond acceptors (Lipinski definition) is 4. The maximum absolute atomic E-state index is 13.2. The highest BCUT2D eigenvalue weighted by Gasteiger charge is 2.41. The Morgan fingerprint density at radius 2 is 1.79 bits per heavy atom. The van der Waals surface area contributed by atoms with E-state index in [-0.39, 0.29) is 24.2 Å². The molecule has 6 heteroatoms. The molecule has 2 atom stereocenters. The van der Waals surface area contributed by atoms with E-state index in [0.29, 0.717) is 4.90 Å². The van der Waals surface area contributed by atoms with Crippen LogP contribution in [0.3, 0.4) is 0 Å². The van der Waals surface area contributed by atoms with Crippen molar-refractivity contribution in [3.05, 3.63) is 59.7 Å². The van der Waals surface area contributed by atoms with E-state index < -0.39 is 15.4 Å². The number of fused-ring (bicyclic) bond motifs is 1. The highest BCUT2D eigenvalue weighted by atomic mass is 35.5. The molecule has 2 aromatic rings. The first-order valence-corrected chi connectivity index (χ1v) is 11.3. The lowest BCUT2D eigenvalue weighted by Crippen LogP contribution is -2.50. The van der Waals surface area contributed by atoms with E-state index in [1.807, 2.05) is 42.5 Å². The average molecular weight is 424 g/mol. The molecule has 1 heterocycles. The van der Waals surface area contributed by atoms with Crippen LogP contribution in [0.4, 0.5) is 0 Å². The predicted molar refractivity (Wildman–Crippen MR) is 116 cm³/mol. The third kappa shape index (κ3) is 4.53. The SMILES string of the molecule is CCCCC1(CC)CS(=O)(=O)c2ccccc2C(c2ccc(OC)cc2)N1.Cl. The zero-order valence-corrected chi connectivity index (χ0v) is 18.4. The van der Waals surface area contributed by atoms with Crippen molar-refractivity contribution in [2.24, 2.45) is 0 Å². The lowest BCUT2D eigenvalue weighted by Gasteiger charge is -2.36. The number of sulfone groups is 1. The van der Waals surface area contributed by atoms with Crippen LogP contribution in [0, 0.1) is 0 Å². The van der Waals surface area contributed by atoms with E-state index in [2.05, 4.69) is 19.2 Å². The highest BCUT2D eigenvalue weighted by Crippen LogP contribution is 2.38. The van der Waals surface area contributed by atoms with Crippen LogP contribution in [0.25, 0.3) is 0 Å². The Morgan fingerprint density at radius 3 is 2.39 bits per heavy atom. The summed E-state index contributed by atoms with van der Waals surface area (Å²) in [5, 5.41) is 3.76. The van der Waals surface area contributed by atoms with Crippen LogP contribution in [-0.2, 0) is 9.84 Å². The first-order valence-electron chi connectivity index (χ1n) is 9.68. The van der Waals surface area contributed by atoms with Crippen molar-refractivity contribution < 1.29 is 13.2 Å². The number of rotatable bonds is 6. The second kappa shape index (κ2) is 9.29. The molecule has 0 aliphatic carbocycles. The van der Waals surface area contributed by atoms with Crippen molar-refractivity contribution in [1.29, 1.82) is 0 Å². The summed E-state index contributed by atoms with van der Waals surface area (Å²) in [6, 6.07) is 15.1. The molecule has 1 N–H and O–H groups in total. The molecule has 1 aliphatic rings. The zero-order valence-electron chi connectivity index (χ0n) is 16.8. The summed E-state index contributed by atoms with van der Waals surface area (Å²) in [6.45, 7) is 4.23. The molecule has 2 aromatic carbocycles. The van der Waals surface area contributed by atoms with Gasteiger partial charge in [-0.15, -0.1) is 12.4 Å². The van der Waals surface area contributed by atoms with E-state index in [9.17, 15) is 8.42 Å². The number of methoxy groups -OCH3 is 1. The Morgan fingerprint density at radius 1 is 1.11 bits per heavy atom. The van der Waals surface area contributed by atoms with Gasteiger partial charge in [-0.05, 0) is 42.2 Å². The molecule has 28 heavy (non-hydrogen) atoms. The van der Waals surface area contributed by atoms with Gasteiger partial charge in [0.15, 0.2) is 9.84 Å². The molecule has 3 rings (SSSR count). The Labute approximate surface area is 175 Å². The smallest absolute Gasteiger partial charge is 0.180 e. The number of hydrogen-bond donors (Lipinski definition) is 1. The maximum atomic E-state index is 13.2. The summed E-state index contributed by atoms with van der Waals surface area (Å²) in [5.41, 5.74) is 1.45. The summed E-state index contributed by atoms with van der Waals surface area (Å²) >= 11 is 0. The molecule has 0 aromatic heterocycles. The van der Waals surface area contributed by atoms with Crippen molar-refractivity contribution in [3.8, 4) is 5.75 Å². The van der Waals surface area contributed by atoms with Gasteiger partial charge in [-0.2, -0.15) is 0 Å². The molecule has 0 fully saturated rings. The van der Waals surface area contributed by atoms with Gasteiger partial charge >= 0.3 is 0 Å². The van der Waals surface area contributed by atoms with Crippen LogP contribution < -0.4 is 10.1 Å². The van der Waals surface area contributed by atoms with Crippen LogP contribution >= 0.6 is 12.4 Å². The van der Waals surface area contributed by atoms with Crippen LogP contribution in [0.5, 0.6) is 5.75 Å². The van der Waals surface area contributed by atoms with Crippen molar-refractivity contribution in [2.45, 2.75) is 56.0 Å². The summed E-state index contributed by atoms with van der Waals surface area (Å²) < 4.78 is 31.8. The predicted octanol–water partition coefficient (Wildman–Crippen LogP) is 4.92.